The molecule has 0 amide bonds. The Bertz CT molecular complexity index is 2910. The molecule has 2 aromatic heterocycles. The van der Waals surface area contributed by atoms with Gasteiger partial charge in [-0.05, 0) is 46.4 Å². The minimum absolute atomic E-state index is 0.426. The van der Waals surface area contributed by atoms with Crippen LogP contribution >= 0.6 is 0 Å². The van der Waals surface area contributed by atoms with Crippen LogP contribution in [0.3, 0.4) is 0 Å². The van der Waals surface area contributed by atoms with Gasteiger partial charge in [0, 0.05) is 50.4 Å². The number of hydrogen-bond donors (Lipinski definition) is 1. The highest BCUT2D eigenvalue weighted by atomic mass is 16.3. The Balaban J connectivity index is 1.05. The second-order valence-electron chi connectivity index (χ2n) is 14.0. The zero-order valence-corrected chi connectivity index (χ0v) is 29.3. The number of fused-ring (bicyclic) bond motifs is 8. The number of furan rings is 2. The van der Waals surface area contributed by atoms with Crippen LogP contribution in [0, 0.1) is 0 Å². The number of aliphatic imine (C=N–C) groups is 2. The van der Waals surface area contributed by atoms with Gasteiger partial charge in [0.15, 0.2) is 6.17 Å². The maximum absolute atomic E-state index is 7.00. The Morgan fingerprint density at radius 3 is 1.83 bits per heavy atom. The Morgan fingerprint density at radius 2 is 1.07 bits per heavy atom. The smallest absolute Gasteiger partial charge is 0.169 e. The van der Waals surface area contributed by atoms with Gasteiger partial charge in [-0.1, -0.05) is 152 Å². The average Bonchev–Trinajstić information content (AvgIpc) is 3.83. The van der Waals surface area contributed by atoms with E-state index in [1.807, 2.05) is 36.4 Å². The lowest BCUT2D eigenvalue weighted by molar-refractivity contribution is 0.546. The van der Waals surface area contributed by atoms with Gasteiger partial charge in [-0.15, -0.1) is 0 Å². The third-order valence-electron chi connectivity index (χ3n) is 10.8. The Labute approximate surface area is 312 Å². The van der Waals surface area contributed by atoms with Gasteiger partial charge in [0.2, 0.25) is 0 Å². The van der Waals surface area contributed by atoms with Crippen LogP contribution in [0.1, 0.15) is 34.2 Å². The monoisotopic (exact) mass is 695 g/mol. The van der Waals surface area contributed by atoms with Crippen molar-refractivity contribution in [3.05, 3.63) is 192 Å². The molecule has 0 bridgehead atoms. The first-order valence-electron chi connectivity index (χ1n) is 18.5. The number of para-hydroxylation sites is 2. The van der Waals surface area contributed by atoms with E-state index >= 15 is 0 Å². The summed E-state index contributed by atoms with van der Waals surface area (Å²) in [6, 6.07) is 57.0. The van der Waals surface area contributed by atoms with Crippen molar-refractivity contribution in [2.75, 3.05) is 0 Å². The van der Waals surface area contributed by atoms with Gasteiger partial charge in [-0.3, -0.25) is 0 Å². The summed E-state index contributed by atoms with van der Waals surface area (Å²) in [4.78, 5) is 10.3. The Hall–Kier alpha value is -6.98. The van der Waals surface area contributed by atoms with Crippen LogP contribution in [0.15, 0.2) is 183 Å². The molecule has 3 heterocycles. The van der Waals surface area contributed by atoms with E-state index in [1.54, 1.807) is 0 Å². The van der Waals surface area contributed by atoms with Crippen LogP contribution in [0.4, 0.5) is 0 Å². The van der Waals surface area contributed by atoms with Crippen LogP contribution in [0.5, 0.6) is 0 Å². The quantitative estimate of drug-likeness (QED) is 0.195. The van der Waals surface area contributed by atoms with Crippen LogP contribution in [0.2, 0.25) is 0 Å². The second kappa shape index (κ2) is 12.3. The summed E-state index contributed by atoms with van der Waals surface area (Å²) in [6.07, 6.45) is 1.46. The average molecular weight is 696 g/mol. The first-order valence-corrected chi connectivity index (χ1v) is 18.5. The van der Waals surface area contributed by atoms with Gasteiger partial charge in [-0.2, -0.15) is 0 Å². The molecule has 2 aliphatic rings. The van der Waals surface area contributed by atoms with Crippen molar-refractivity contribution in [3.63, 3.8) is 0 Å². The summed E-state index contributed by atoms with van der Waals surface area (Å²) in [7, 11) is 0. The van der Waals surface area contributed by atoms with Crippen LogP contribution in [-0.2, 0) is 12.8 Å². The number of rotatable bonds is 5. The number of aryl methyl sites for hydroxylation is 2. The molecule has 1 N–H and O–H groups in total. The van der Waals surface area contributed by atoms with Crippen molar-refractivity contribution < 1.29 is 8.83 Å². The lowest BCUT2D eigenvalue weighted by Gasteiger charge is -2.22. The topological polar surface area (TPSA) is 63.0 Å². The lowest BCUT2D eigenvalue weighted by atomic mass is 9.86. The van der Waals surface area contributed by atoms with Crippen molar-refractivity contribution in [2.24, 2.45) is 9.98 Å². The minimum atomic E-state index is -0.426. The summed E-state index contributed by atoms with van der Waals surface area (Å²) in [5.74, 6) is 2.65. The molecule has 256 valence electrons. The zero-order chi connectivity index (χ0) is 35.6. The summed E-state index contributed by atoms with van der Waals surface area (Å²) < 4.78 is 13.5. The molecule has 0 fully saturated rings. The third kappa shape index (κ3) is 4.93. The largest absolute Gasteiger partial charge is 0.460 e. The Kier molecular flexibility index (Phi) is 6.99. The maximum Gasteiger partial charge on any atom is 0.169 e. The molecule has 1 aliphatic heterocycles. The molecule has 0 spiro atoms. The predicted octanol–water partition coefficient (Wildman–Crippen LogP) is 11.9. The molecule has 0 saturated heterocycles. The predicted molar refractivity (Wildman–Crippen MR) is 219 cm³/mol. The number of nitrogens with zero attached hydrogens (tertiary/aromatic N) is 2. The minimum Gasteiger partial charge on any atom is -0.460 e. The molecule has 5 heteroatoms. The summed E-state index contributed by atoms with van der Waals surface area (Å²) in [6.45, 7) is 0. The van der Waals surface area contributed by atoms with E-state index in [9.17, 15) is 0 Å². The van der Waals surface area contributed by atoms with E-state index < -0.39 is 6.17 Å². The van der Waals surface area contributed by atoms with Gasteiger partial charge >= 0.3 is 0 Å². The third-order valence-corrected chi connectivity index (χ3v) is 10.8. The highest BCUT2D eigenvalue weighted by Gasteiger charge is 2.26. The first-order chi connectivity index (χ1) is 26.8. The molecule has 0 unspecified atom stereocenters. The fraction of sp³-hybridized carbons (Fsp3) is 0.0612. The molecule has 0 saturated carbocycles. The van der Waals surface area contributed by atoms with E-state index in [4.69, 9.17) is 18.8 Å². The van der Waals surface area contributed by atoms with Crippen LogP contribution in [0.25, 0.3) is 66.3 Å². The van der Waals surface area contributed by atoms with Crippen molar-refractivity contribution in [3.8, 4) is 33.4 Å². The van der Waals surface area contributed by atoms with Gasteiger partial charge in [0.1, 0.15) is 34.2 Å². The van der Waals surface area contributed by atoms with E-state index in [0.717, 1.165) is 102 Å². The lowest BCUT2D eigenvalue weighted by Crippen LogP contribution is -2.35. The van der Waals surface area contributed by atoms with Crippen molar-refractivity contribution in [2.45, 2.75) is 19.0 Å². The number of benzene rings is 7. The Morgan fingerprint density at radius 1 is 0.481 bits per heavy atom. The van der Waals surface area contributed by atoms with Gasteiger partial charge < -0.3 is 14.2 Å². The molecular formula is C49H33N3O2. The fourth-order valence-corrected chi connectivity index (χ4v) is 8.32. The molecule has 0 radical (unpaired) electrons. The summed E-state index contributed by atoms with van der Waals surface area (Å²) >= 11 is 0. The molecule has 0 atom stereocenters. The van der Waals surface area contributed by atoms with E-state index in [0.29, 0.717) is 0 Å². The standard InChI is InChI=1S/C49H33N3O2/c1-3-14-31(15-4-1)47-50-48(32-16-5-2-6-17-32)52-49(51-47)34-19-9-18-33(29-34)36-21-10-24-39-40-25-11-23-38(46(40)54-45(36)39)37-22-12-26-41-44(37)43-35-20-8-7-13-30(35)27-28-42(43)53-41/h1-26,29,49H,27-28H2,(H,50,51,52). The highest BCUT2D eigenvalue weighted by molar-refractivity contribution is 6.17. The van der Waals surface area contributed by atoms with Crippen molar-refractivity contribution >= 4 is 44.6 Å². The van der Waals surface area contributed by atoms with Crippen molar-refractivity contribution in [1.82, 2.24) is 5.32 Å². The first kappa shape index (κ1) is 30.6. The second-order valence-corrected chi connectivity index (χ2v) is 14.0. The van der Waals surface area contributed by atoms with Gasteiger partial charge in [0.25, 0.3) is 0 Å². The zero-order valence-electron chi connectivity index (χ0n) is 29.3. The maximum atomic E-state index is 7.00. The molecule has 9 aromatic rings. The van der Waals surface area contributed by atoms with E-state index in [-0.39, 0.29) is 0 Å². The molecule has 5 nitrogen and oxygen atoms in total. The SMILES string of the molecule is c1ccc(C2=NC(c3cccc(-c4cccc5c4oc4c(-c6cccc7oc8c(c67)-c6ccccc6CC8)cccc45)c3)N=C(c3ccccc3)N2)cc1. The number of nitrogens with one attached hydrogen (secondary N) is 1. The molecular weight excluding hydrogens is 663 g/mol. The van der Waals surface area contributed by atoms with E-state index in [2.05, 4.69) is 133 Å². The molecule has 54 heavy (non-hydrogen) atoms. The summed E-state index contributed by atoms with van der Waals surface area (Å²) in [5, 5.41) is 6.81. The van der Waals surface area contributed by atoms with Gasteiger partial charge in [0.05, 0.1) is 0 Å². The summed E-state index contributed by atoms with van der Waals surface area (Å²) in [5.41, 5.74) is 13.8. The molecule has 11 rings (SSSR count). The fourth-order valence-electron chi connectivity index (χ4n) is 8.32. The number of hydrogen-bond acceptors (Lipinski definition) is 5. The van der Waals surface area contributed by atoms with Gasteiger partial charge in [-0.25, -0.2) is 9.98 Å². The van der Waals surface area contributed by atoms with E-state index in [1.165, 1.54) is 16.7 Å². The highest BCUT2D eigenvalue weighted by Crippen LogP contribution is 2.47. The molecule has 1 aliphatic carbocycles. The number of amidine groups is 2. The normalized spacial score (nSPS) is 14.1. The van der Waals surface area contributed by atoms with Crippen LogP contribution < -0.4 is 5.32 Å². The van der Waals surface area contributed by atoms with Crippen molar-refractivity contribution in [1.29, 1.82) is 0 Å². The molecule has 7 aromatic carbocycles. The van der Waals surface area contributed by atoms with Crippen LogP contribution in [-0.4, -0.2) is 11.7 Å².